The number of aromatic nitrogens is 2. The smallest absolute Gasteiger partial charge is 0.323 e. The minimum Gasteiger partial charge on any atom is -0.355 e. The Morgan fingerprint density at radius 1 is 0.844 bits per heavy atom. The summed E-state index contributed by atoms with van der Waals surface area (Å²) in [7, 11) is 0. The second kappa shape index (κ2) is 10.8. The highest BCUT2D eigenvalue weighted by Crippen LogP contribution is 2.22. The molecule has 166 valence electrons. The van der Waals surface area contributed by atoms with Gasteiger partial charge < -0.3 is 15.5 Å². The van der Waals surface area contributed by atoms with Gasteiger partial charge in [0.25, 0.3) is 0 Å². The van der Waals surface area contributed by atoms with E-state index in [1.807, 2.05) is 48.5 Å². The standard InChI is InChI=1S/C26H31N5O/c1-2-3-7-20-8-12-22(13-9-20)27-26(32)28-23-14-10-21(11-15-23)24-16-17-25(30-29-24)31-18-5-4-6-19-31/h8-17H,2-7,18-19H2,1H3,(H2,27,28,32). The number of carbonyl (C=O) groups is 1. The molecule has 0 bridgehead atoms. The van der Waals surface area contributed by atoms with Crippen LogP contribution in [0.4, 0.5) is 22.0 Å². The fraction of sp³-hybridized carbons (Fsp3) is 0.346. The third-order valence-electron chi connectivity index (χ3n) is 5.80. The molecule has 6 heteroatoms. The molecule has 0 saturated carbocycles. The Morgan fingerprint density at radius 2 is 1.50 bits per heavy atom. The highest BCUT2D eigenvalue weighted by Gasteiger charge is 2.13. The normalized spacial score (nSPS) is 13.6. The van der Waals surface area contributed by atoms with Crippen LogP contribution in [0.1, 0.15) is 44.6 Å². The number of rotatable bonds is 7. The number of hydrogen-bond donors (Lipinski definition) is 2. The summed E-state index contributed by atoms with van der Waals surface area (Å²) in [6.07, 6.45) is 7.16. The second-order valence-corrected chi connectivity index (χ2v) is 8.28. The first-order valence-corrected chi connectivity index (χ1v) is 11.6. The van der Waals surface area contributed by atoms with Crippen LogP contribution in [0.15, 0.2) is 60.7 Å². The summed E-state index contributed by atoms with van der Waals surface area (Å²) in [6, 6.07) is 19.5. The molecule has 2 N–H and O–H groups in total. The molecule has 4 rings (SSSR count). The number of amides is 2. The molecule has 1 fully saturated rings. The minimum atomic E-state index is -0.260. The molecule has 0 atom stereocenters. The Labute approximate surface area is 190 Å². The van der Waals surface area contributed by atoms with Gasteiger partial charge in [0.05, 0.1) is 5.69 Å². The van der Waals surface area contributed by atoms with Gasteiger partial charge >= 0.3 is 6.03 Å². The lowest BCUT2D eigenvalue weighted by Gasteiger charge is -2.27. The summed E-state index contributed by atoms with van der Waals surface area (Å²) in [5.74, 6) is 0.946. The Hall–Kier alpha value is -3.41. The van der Waals surface area contributed by atoms with Gasteiger partial charge in [0.1, 0.15) is 0 Å². The van der Waals surface area contributed by atoms with Crippen LogP contribution < -0.4 is 15.5 Å². The Morgan fingerprint density at radius 3 is 2.09 bits per heavy atom. The lowest BCUT2D eigenvalue weighted by atomic mass is 10.1. The molecular weight excluding hydrogens is 398 g/mol. The summed E-state index contributed by atoms with van der Waals surface area (Å²) < 4.78 is 0. The van der Waals surface area contributed by atoms with Gasteiger partial charge in [-0.3, -0.25) is 0 Å². The van der Waals surface area contributed by atoms with Crippen LogP contribution in [0.3, 0.4) is 0 Å². The van der Waals surface area contributed by atoms with E-state index in [0.29, 0.717) is 0 Å². The maximum absolute atomic E-state index is 12.3. The van der Waals surface area contributed by atoms with Crippen molar-refractivity contribution in [2.45, 2.75) is 45.4 Å². The molecule has 2 heterocycles. The summed E-state index contributed by atoms with van der Waals surface area (Å²) in [5, 5.41) is 14.6. The molecule has 1 aliphatic rings. The molecule has 2 amide bonds. The molecule has 2 aromatic carbocycles. The number of anilines is 3. The SMILES string of the molecule is CCCCc1ccc(NC(=O)Nc2ccc(-c3ccc(N4CCCCC4)nn3)cc2)cc1. The zero-order valence-electron chi connectivity index (χ0n) is 18.7. The summed E-state index contributed by atoms with van der Waals surface area (Å²) >= 11 is 0. The quantitative estimate of drug-likeness (QED) is 0.475. The molecule has 32 heavy (non-hydrogen) atoms. The third-order valence-corrected chi connectivity index (χ3v) is 5.80. The number of hydrogen-bond acceptors (Lipinski definition) is 4. The van der Waals surface area contributed by atoms with Gasteiger partial charge in [-0.05, 0) is 74.1 Å². The van der Waals surface area contributed by atoms with Gasteiger partial charge in [0, 0.05) is 30.0 Å². The van der Waals surface area contributed by atoms with Crippen molar-refractivity contribution in [1.29, 1.82) is 0 Å². The van der Waals surface area contributed by atoms with E-state index in [1.165, 1.54) is 37.7 Å². The largest absolute Gasteiger partial charge is 0.355 e. The van der Waals surface area contributed by atoms with Crippen LogP contribution >= 0.6 is 0 Å². The van der Waals surface area contributed by atoms with Gasteiger partial charge in [-0.2, -0.15) is 0 Å². The molecule has 6 nitrogen and oxygen atoms in total. The number of nitrogens with zero attached hydrogens (tertiary/aromatic N) is 3. The van der Waals surface area contributed by atoms with E-state index < -0.39 is 0 Å². The van der Waals surface area contributed by atoms with E-state index in [4.69, 9.17) is 0 Å². The minimum absolute atomic E-state index is 0.260. The molecule has 1 aromatic heterocycles. The van der Waals surface area contributed by atoms with Crippen molar-refractivity contribution in [3.63, 3.8) is 0 Å². The zero-order valence-corrected chi connectivity index (χ0v) is 18.7. The van der Waals surface area contributed by atoms with Gasteiger partial charge in [0.15, 0.2) is 5.82 Å². The van der Waals surface area contributed by atoms with Gasteiger partial charge in [-0.1, -0.05) is 37.6 Å². The number of piperidine rings is 1. The Bertz CT molecular complexity index is 994. The van der Waals surface area contributed by atoms with Crippen LogP contribution in [0.5, 0.6) is 0 Å². The number of unbranched alkanes of at least 4 members (excludes halogenated alkanes) is 1. The second-order valence-electron chi connectivity index (χ2n) is 8.28. The number of carbonyl (C=O) groups excluding carboxylic acids is 1. The Kier molecular flexibility index (Phi) is 7.33. The van der Waals surface area contributed by atoms with Crippen LogP contribution in [-0.2, 0) is 6.42 Å². The van der Waals surface area contributed by atoms with Crippen molar-refractivity contribution in [2.24, 2.45) is 0 Å². The van der Waals surface area contributed by atoms with E-state index in [1.54, 1.807) is 0 Å². The van der Waals surface area contributed by atoms with E-state index >= 15 is 0 Å². The van der Waals surface area contributed by atoms with Crippen molar-refractivity contribution in [2.75, 3.05) is 28.6 Å². The van der Waals surface area contributed by atoms with E-state index in [9.17, 15) is 4.79 Å². The van der Waals surface area contributed by atoms with Crippen LogP contribution in [0.25, 0.3) is 11.3 Å². The van der Waals surface area contributed by atoms with Crippen molar-refractivity contribution in [3.05, 3.63) is 66.2 Å². The average molecular weight is 430 g/mol. The molecule has 1 aliphatic heterocycles. The maximum atomic E-state index is 12.3. The highest BCUT2D eigenvalue weighted by molar-refractivity contribution is 5.99. The predicted octanol–water partition coefficient (Wildman–Crippen LogP) is 6.12. The number of benzene rings is 2. The van der Waals surface area contributed by atoms with Gasteiger partial charge in [0.2, 0.25) is 0 Å². The lowest BCUT2D eigenvalue weighted by Crippen LogP contribution is -2.30. The van der Waals surface area contributed by atoms with E-state index in [-0.39, 0.29) is 6.03 Å². The topological polar surface area (TPSA) is 70.2 Å². The predicted molar refractivity (Wildman–Crippen MR) is 131 cm³/mol. The first kappa shape index (κ1) is 21.8. The fourth-order valence-corrected chi connectivity index (χ4v) is 3.92. The van der Waals surface area contributed by atoms with Gasteiger partial charge in [-0.25, -0.2) is 4.79 Å². The molecule has 0 radical (unpaired) electrons. The molecule has 1 saturated heterocycles. The van der Waals surface area contributed by atoms with Gasteiger partial charge in [-0.15, -0.1) is 10.2 Å². The van der Waals surface area contributed by atoms with Crippen LogP contribution in [0.2, 0.25) is 0 Å². The third kappa shape index (κ3) is 5.84. The number of aryl methyl sites for hydroxylation is 1. The number of urea groups is 1. The first-order chi connectivity index (χ1) is 15.7. The lowest BCUT2D eigenvalue weighted by molar-refractivity contribution is 0.262. The van der Waals surface area contributed by atoms with E-state index in [2.05, 4.69) is 44.8 Å². The fourth-order valence-electron chi connectivity index (χ4n) is 3.92. The maximum Gasteiger partial charge on any atom is 0.323 e. The molecule has 0 spiro atoms. The van der Waals surface area contributed by atoms with E-state index in [0.717, 1.165) is 48.0 Å². The monoisotopic (exact) mass is 429 g/mol. The highest BCUT2D eigenvalue weighted by atomic mass is 16.2. The molecule has 3 aromatic rings. The molecule has 0 aliphatic carbocycles. The van der Waals surface area contributed by atoms with Crippen LogP contribution in [0, 0.1) is 0 Å². The van der Waals surface area contributed by atoms with Crippen molar-refractivity contribution in [1.82, 2.24) is 10.2 Å². The summed E-state index contributed by atoms with van der Waals surface area (Å²) in [5.41, 5.74) is 4.59. The van der Waals surface area contributed by atoms with Crippen molar-refractivity contribution >= 4 is 23.2 Å². The molecule has 0 unspecified atom stereocenters. The van der Waals surface area contributed by atoms with Crippen molar-refractivity contribution < 1.29 is 4.79 Å². The number of nitrogens with one attached hydrogen (secondary N) is 2. The van der Waals surface area contributed by atoms with Crippen LogP contribution in [-0.4, -0.2) is 29.3 Å². The Balaban J connectivity index is 1.31. The first-order valence-electron chi connectivity index (χ1n) is 11.6. The summed E-state index contributed by atoms with van der Waals surface area (Å²) in [6.45, 7) is 4.30. The summed E-state index contributed by atoms with van der Waals surface area (Å²) in [4.78, 5) is 14.6. The van der Waals surface area contributed by atoms with Crippen molar-refractivity contribution in [3.8, 4) is 11.3 Å². The average Bonchev–Trinajstić information content (AvgIpc) is 2.85. The zero-order chi connectivity index (χ0) is 22.2. The molecular formula is C26H31N5O.